The van der Waals surface area contributed by atoms with E-state index in [-0.39, 0.29) is 0 Å². The van der Waals surface area contributed by atoms with Crippen LogP contribution >= 0.6 is 0 Å². The summed E-state index contributed by atoms with van der Waals surface area (Å²) >= 11 is 0. The normalized spacial score (nSPS) is 23.1. The molecular weight excluding hydrogens is 268 g/mol. The maximum Gasteiger partial charge on any atom is 0.104 e. The van der Waals surface area contributed by atoms with Crippen molar-refractivity contribution in [3.05, 3.63) is 41.5 Å². The molecule has 2 fully saturated rings. The Kier molecular flexibility index (Phi) is 4.70. The summed E-state index contributed by atoms with van der Waals surface area (Å²) in [6.45, 7) is 10.3. The molecule has 0 bridgehead atoms. The highest BCUT2D eigenvalue weighted by Crippen LogP contribution is 2.25. The molecule has 0 aromatic heterocycles. The number of allylic oxidation sites excluding steroid dienone is 1. The van der Waals surface area contributed by atoms with E-state index in [4.69, 9.17) is 18.9 Å². The number of epoxide rings is 2. The molecule has 2 heterocycles. The summed E-state index contributed by atoms with van der Waals surface area (Å²) in [7, 11) is 0. The monoisotopic (exact) mass is 290 g/mol. The van der Waals surface area contributed by atoms with Crippen LogP contribution in [0.3, 0.4) is 0 Å². The predicted molar refractivity (Wildman–Crippen MR) is 79.9 cm³/mol. The van der Waals surface area contributed by atoms with Gasteiger partial charge in [-0.3, -0.25) is 0 Å². The zero-order valence-electron chi connectivity index (χ0n) is 12.5. The first-order valence-corrected chi connectivity index (χ1v) is 7.39. The lowest BCUT2D eigenvalue weighted by Crippen LogP contribution is -2.07. The van der Waals surface area contributed by atoms with E-state index in [2.05, 4.69) is 18.7 Å². The van der Waals surface area contributed by atoms with Crippen molar-refractivity contribution in [2.45, 2.75) is 32.3 Å². The second-order valence-electron chi connectivity index (χ2n) is 5.67. The van der Waals surface area contributed by atoms with Gasteiger partial charge >= 0.3 is 0 Å². The molecule has 0 spiro atoms. The van der Waals surface area contributed by atoms with Crippen molar-refractivity contribution in [3.8, 4) is 0 Å². The van der Waals surface area contributed by atoms with Crippen LogP contribution in [0.25, 0.3) is 5.57 Å². The minimum Gasteiger partial charge on any atom is -0.374 e. The fourth-order valence-electron chi connectivity index (χ4n) is 2.37. The van der Waals surface area contributed by atoms with Crippen molar-refractivity contribution in [1.29, 1.82) is 0 Å². The molecule has 0 saturated carbocycles. The Bertz CT molecular complexity index is 467. The lowest BCUT2D eigenvalue weighted by molar-refractivity contribution is 0.100. The first-order valence-electron chi connectivity index (χ1n) is 7.39. The maximum atomic E-state index is 5.72. The van der Waals surface area contributed by atoms with E-state index in [0.717, 1.165) is 35.5 Å². The molecule has 0 radical (unpaired) electrons. The Morgan fingerprint density at radius 3 is 1.95 bits per heavy atom. The molecule has 114 valence electrons. The second kappa shape index (κ2) is 6.71. The summed E-state index contributed by atoms with van der Waals surface area (Å²) < 4.78 is 21.7. The largest absolute Gasteiger partial charge is 0.374 e. The van der Waals surface area contributed by atoms with Gasteiger partial charge in [0.15, 0.2) is 0 Å². The molecule has 2 saturated heterocycles. The van der Waals surface area contributed by atoms with E-state index in [1.54, 1.807) is 0 Å². The standard InChI is InChI=1S/C17H22O4/c1-12(2)17-13(6-18-8-15-10-20-15)4-3-5-14(17)7-19-9-16-11-21-16/h3-5,15-16H,1,6-11H2,2H3. The highest BCUT2D eigenvalue weighted by Gasteiger charge is 2.23. The summed E-state index contributed by atoms with van der Waals surface area (Å²) in [5.74, 6) is 0. The Balaban J connectivity index is 1.63. The lowest BCUT2D eigenvalue weighted by Gasteiger charge is -2.15. The summed E-state index contributed by atoms with van der Waals surface area (Å²) in [6.07, 6.45) is 0.590. The first-order chi connectivity index (χ1) is 10.2. The topological polar surface area (TPSA) is 43.5 Å². The number of hydrogen-bond donors (Lipinski definition) is 0. The van der Waals surface area contributed by atoms with Crippen molar-refractivity contribution in [2.24, 2.45) is 0 Å². The SMILES string of the molecule is C=C(C)c1c(COCC2CO2)cccc1COCC1CO1. The highest BCUT2D eigenvalue weighted by molar-refractivity contribution is 5.67. The van der Waals surface area contributed by atoms with E-state index in [9.17, 15) is 0 Å². The van der Waals surface area contributed by atoms with Crippen molar-refractivity contribution in [2.75, 3.05) is 26.4 Å². The molecule has 1 aromatic carbocycles. The summed E-state index contributed by atoms with van der Waals surface area (Å²) in [5.41, 5.74) is 4.52. The zero-order valence-corrected chi connectivity index (χ0v) is 12.5. The smallest absolute Gasteiger partial charge is 0.104 e. The van der Waals surface area contributed by atoms with Crippen LogP contribution in [0.4, 0.5) is 0 Å². The number of rotatable bonds is 9. The third-order valence-corrected chi connectivity index (χ3v) is 3.59. The van der Waals surface area contributed by atoms with Gasteiger partial charge in [-0.05, 0) is 23.6 Å². The van der Waals surface area contributed by atoms with Crippen LogP contribution in [-0.4, -0.2) is 38.6 Å². The van der Waals surface area contributed by atoms with Gasteiger partial charge in [-0.1, -0.05) is 30.4 Å². The van der Waals surface area contributed by atoms with Gasteiger partial charge in [-0.2, -0.15) is 0 Å². The lowest BCUT2D eigenvalue weighted by atomic mass is 9.96. The van der Waals surface area contributed by atoms with Crippen molar-refractivity contribution in [3.63, 3.8) is 0 Å². The van der Waals surface area contributed by atoms with Gasteiger partial charge in [0.05, 0.1) is 39.6 Å². The molecule has 0 N–H and O–H groups in total. The van der Waals surface area contributed by atoms with Gasteiger partial charge in [0.2, 0.25) is 0 Å². The molecule has 4 heteroatoms. The van der Waals surface area contributed by atoms with E-state index in [1.165, 1.54) is 0 Å². The highest BCUT2D eigenvalue weighted by atomic mass is 16.6. The van der Waals surface area contributed by atoms with Crippen molar-refractivity contribution < 1.29 is 18.9 Å². The number of hydrogen-bond acceptors (Lipinski definition) is 4. The van der Waals surface area contributed by atoms with Crippen molar-refractivity contribution in [1.82, 2.24) is 0 Å². The summed E-state index contributed by atoms with van der Waals surface area (Å²) in [6, 6.07) is 6.22. The van der Waals surface area contributed by atoms with Crippen LogP contribution in [-0.2, 0) is 32.2 Å². The molecule has 1 aromatic rings. The summed E-state index contributed by atoms with van der Waals surface area (Å²) in [5, 5.41) is 0. The molecule has 0 amide bonds. The number of benzene rings is 1. The minimum absolute atomic E-state index is 0.295. The molecule has 2 unspecified atom stereocenters. The molecule has 21 heavy (non-hydrogen) atoms. The quantitative estimate of drug-likeness (QED) is 0.656. The third kappa shape index (κ3) is 4.38. The molecule has 3 rings (SSSR count). The van der Waals surface area contributed by atoms with E-state index in [0.29, 0.717) is 38.6 Å². The van der Waals surface area contributed by atoms with E-state index < -0.39 is 0 Å². The summed E-state index contributed by atoms with van der Waals surface area (Å²) in [4.78, 5) is 0. The van der Waals surface area contributed by atoms with Gasteiger partial charge in [0.1, 0.15) is 12.2 Å². The van der Waals surface area contributed by atoms with Gasteiger partial charge in [-0.25, -0.2) is 0 Å². The van der Waals surface area contributed by atoms with Gasteiger partial charge in [-0.15, -0.1) is 0 Å². The Hall–Kier alpha value is -1.20. The van der Waals surface area contributed by atoms with Crippen LogP contribution in [0.1, 0.15) is 23.6 Å². The first kappa shape index (κ1) is 14.7. The second-order valence-corrected chi connectivity index (χ2v) is 5.67. The predicted octanol–water partition coefficient (Wildman–Crippen LogP) is 2.55. The van der Waals surface area contributed by atoms with Crippen LogP contribution in [0.15, 0.2) is 24.8 Å². The Morgan fingerprint density at radius 1 is 1.10 bits per heavy atom. The van der Waals surface area contributed by atoms with E-state index >= 15 is 0 Å². The molecular formula is C17H22O4. The maximum absolute atomic E-state index is 5.72. The molecule has 2 aliphatic rings. The van der Waals surface area contributed by atoms with Crippen LogP contribution in [0.5, 0.6) is 0 Å². The third-order valence-electron chi connectivity index (χ3n) is 3.59. The van der Waals surface area contributed by atoms with Crippen LogP contribution in [0.2, 0.25) is 0 Å². The van der Waals surface area contributed by atoms with Crippen LogP contribution < -0.4 is 0 Å². The minimum atomic E-state index is 0.295. The average Bonchev–Trinajstić information content (AvgIpc) is 3.33. The zero-order chi connectivity index (χ0) is 14.7. The number of ether oxygens (including phenoxy) is 4. The van der Waals surface area contributed by atoms with Crippen molar-refractivity contribution >= 4 is 5.57 Å². The molecule has 2 atom stereocenters. The van der Waals surface area contributed by atoms with Crippen LogP contribution in [0, 0.1) is 0 Å². The molecule has 4 nitrogen and oxygen atoms in total. The van der Waals surface area contributed by atoms with Gasteiger partial charge < -0.3 is 18.9 Å². The van der Waals surface area contributed by atoms with E-state index in [1.807, 2.05) is 13.0 Å². The van der Waals surface area contributed by atoms with Gasteiger partial charge in [0, 0.05) is 0 Å². The Labute approximate surface area is 125 Å². The molecule has 0 aliphatic carbocycles. The Morgan fingerprint density at radius 2 is 1.57 bits per heavy atom. The molecule has 2 aliphatic heterocycles. The fraction of sp³-hybridized carbons (Fsp3) is 0.529. The van der Waals surface area contributed by atoms with Gasteiger partial charge in [0.25, 0.3) is 0 Å². The average molecular weight is 290 g/mol. The fourth-order valence-corrected chi connectivity index (χ4v) is 2.37.